The Bertz CT molecular complexity index is 223. The number of rotatable bonds is 3. The molecule has 0 bridgehead atoms. The molecule has 0 aliphatic heterocycles. The van der Waals surface area contributed by atoms with Gasteiger partial charge in [-0.2, -0.15) is 0 Å². The van der Waals surface area contributed by atoms with E-state index in [0.717, 1.165) is 5.69 Å². The second-order valence-corrected chi connectivity index (χ2v) is 5.83. The summed E-state index contributed by atoms with van der Waals surface area (Å²) in [5.41, 5.74) is 2.43. The van der Waals surface area contributed by atoms with Crippen LogP contribution in [-0.4, -0.2) is 20.7 Å². The van der Waals surface area contributed by atoms with Crippen LogP contribution in [0, 0.1) is 6.92 Å². The van der Waals surface area contributed by atoms with Gasteiger partial charge >= 0.3 is 74.6 Å². The van der Waals surface area contributed by atoms with E-state index in [-0.39, 0.29) is 15.8 Å². The van der Waals surface area contributed by atoms with Crippen LogP contribution in [-0.2, 0) is 5.21 Å². The first-order valence-corrected chi connectivity index (χ1v) is 6.93. The SMILES string of the molecule is CC[AsH]Cc1cccc(C)n1. The van der Waals surface area contributed by atoms with E-state index < -0.39 is 0 Å². The van der Waals surface area contributed by atoms with Crippen molar-refractivity contribution in [3.8, 4) is 0 Å². The third kappa shape index (κ3) is 3.07. The predicted octanol–water partition coefficient (Wildman–Crippen LogP) is 1.76. The average Bonchev–Trinajstić information content (AvgIpc) is 2.01. The van der Waals surface area contributed by atoms with Gasteiger partial charge in [-0.25, -0.2) is 0 Å². The van der Waals surface area contributed by atoms with Gasteiger partial charge in [-0.3, -0.25) is 0 Å². The molecule has 0 fully saturated rings. The first-order valence-electron chi connectivity index (χ1n) is 3.96. The molecule has 0 aliphatic rings. The second kappa shape index (κ2) is 4.56. The first kappa shape index (κ1) is 8.80. The maximum absolute atomic E-state index is 4.44. The normalized spacial score (nSPS) is 11.1. The zero-order chi connectivity index (χ0) is 8.10. The summed E-state index contributed by atoms with van der Waals surface area (Å²) in [6.45, 7) is 4.31. The molecule has 0 N–H and O–H groups in total. The molecule has 0 spiro atoms. The molecule has 60 valence electrons. The molecule has 0 saturated heterocycles. The van der Waals surface area contributed by atoms with E-state index in [0.29, 0.717) is 0 Å². The molecule has 1 aromatic heterocycles. The van der Waals surface area contributed by atoms with Crippen molar-refractivity contribution < 1.29 is 0 Å². The molecule has 1 heterocycles. The van der Waals surface area contributed by atoms with Crippen LogP contribution >= 0.6 is 0 Å². The van der Waals surface area contributed by atoms with E-state index in [4.69, 9.17) is 0 Å². The van der Waals surface area contributed by atoms with Gasteiger partial charge in [0.1, 0.15) is 0 Å². The molecule has 0 aliphatic carbocycles. The third-order valence-corrected chi connectivity index (χ3v) is 3.84. The second-order valence-electron chi connectivity index (χ2n) is 2.55. The van der Waals surface area contributed by atoms with Crippen molar-refractivity contribution in [1.29, 1.82) is 0 Å². The number of hydrogen-bond acceptors (Lipinski definition) is 1. The molecular weight excluding hydrogens is 197 g/mol. The molecule has 0 amide bonds. The van der Waals surface area contributed by atoms with E-state index in [9.17, 15) is 0 Å². The van der Waals surface area contributed by atoms with Crippen LogP contribution in [0.3, 0.4) is 0 Å². The Morgan fingerprint density at radius 1 is 1.45 bits per heavy atom. The van der Waals surface area contributed by atoms with E-state index >= 15 is 0 Å². The maximum atomic E-state index is 4.44. The molecule has 1 aromatic rings. The van der Waals surface area contributed by atoms with Crippen LogP contribution < -0.4 is 0 Å². The van der Waals surface area contributed by atoms with Crippen molar-refractivity contribution in [1.82, 2.24) is 4.98 Å². The quantitative estimate of drug-likeness (QED) is 0.694. The van der Waals surface area contributed by atoms with Gasteiger partial charge in [-0.05, 0) is 0 Å². The summed E-state index contributed by atoms with van der Waals surface area (Å²) >= 11 is 0.255. The fraction of sp³-hybridized carbons (Fsp3) is 0.444. The Morgan fingerprint density at radius 3 is 2.91 bits per heavy atom. The van der Waals surface area contributed by atoms with Crippen LogP contribution in [0.15, 0.2) is 18.2 Å². The van der Waals surface area contributed by atoms with E-state index in [1.54, 1.807) is 0 Å². The molecule has 2 heteroatoms. The van der Waals surface area contributed by atoms with Crippen molar-refractivity contribution in [2.24, 2.45) is 0 Å². The summed E-state index contributed by atoms with van der Waals surface area (Å²) < 4.78 is 0. The van der Waals surface area contributed by atoms with E-state index in [1.165, 1.54) is 16.1 Å². The van der Waals surface area contributed by atoms with Crippen molar-refractivity contribution in [3.63, 3.8) is 0 Å². The molecule has 1 unspecified atom stereocenters. The first-order chi connectivity index (χ1) is 5.33. The van der Waals surface area contributed by atoms with Gasteiger partial charge in [0.05, 0.1) is 0 Å². The minimum absolute atomic E-state index is 0.255. The number of hydrogen-bond donors (Lipinski definition) is 0. The van der Waals surface area contributed by atoms with Gasteiger partial charge in [0.25, 0.3) is 0 Å². The van der Waals surface area contributed by atoms with Gasteiger partial charge in [0, 0.05) is 0 Å². The number of aromatic nitrogens is 1. The van der Waals surface area contributed by atoms with Crippen LogP contribution in [0.25, 0.3) is 0 Å². The summed E-state index contributed by atoms with van der Waals surface area (Å²) in [5, 5.41) is 2.62. The average molecular weight is 211 g/mol. The summed E-state index contributed by atoms with van der Waals surface area (Å²) in [6.07, 6.45) is 0. The number of aryl methyl sites for hydroxylation is 1. The molecule has 11 heavy (non-hydrogen) atoms. The third-order valence-electron chi connectivity index (χ3n) is 1.50. The summed E-state index contributed by atoms with van der Waals surface area (Å²) in [6, 6.07) is 6.28. The van der Waals surface area contributed by atoms with Gasteiger partial charge < -0.3 is 0 Å². The molecule has 0 saturated carbocycles. The zero-order valence-electron chi connectivity index (χ0n) is 7.09. The molecular formula is C9H14AsN. The topological polar surface area (TPSA) is 12.9 Å². The predicted molar refractivity (Wildman–Crippen MR) is 50.3 cm³/mol. The Balaban J connectivity index is 2.56. The molecule has 1 atom stereocenters. The fourth-order valence-electron chi connectivity index (χ4n) is 0.951. The van der Waals surface area contributed by atoms with Crippen LogP contribution in [0.2, 0.25) is 5.21 Å². The van der Waals surface area contributed by atoms with Crippen molar-refractivity contribution in [2.75, 3.05) is 0 Å². The standard InChI is InChI=1S/C9H14AsN/c1-3-10-7-9-6-4-5-8(2)11-9/h4-6,10H,3,7H2,1-2H3. The summed E-state index contributed by atoms with van der Waals surface area (Å²) in [7, 11) is 0. The van der Waals surface area contributed by atoms with Gasteiger partial charge in [0.15, 0.2) is 0 Å². The van der Waals surface area contributed by atoms with E-state index in [2.05, 4.69) is 37.0 Å². The van der Waals surface area contributed by atoms with Gasteiger partial charge in [-0.1, -0.05) is 0 Å². The number of pyridine rings is 1. The molecule has 1 nitrogen and oxygen atoms in total. The summed E-state index contributed by atoms with van der Waals surface area (Å²) in [4.78, 5) is 4.44. The monoisotopic (exact) mass is 211 g/mol. The van der Waals surface area contributed by atoms with E-state index in [1.807, 2.05) is 0 Å². The van der Waals surface area contributed by atoms with Crippen LogP contribution in [0.4, 0.5) is 0 Å². The Morgan fingerprint density at radius 2 is 2.27 bits per heavy atom. The molecule has 0 aromatic carbocycles. The van der Waals surface area contributed by atoms with Crippen LogP contribution in [0.5, 0.6) is 0 Å². The molecule has 0 radical (unpaired) electrons. The zero-order valence-corrected chi connectivity index (χ0v) is 9.19. The summed E-state index contributed by atoms with van der Waals surface area (Å²) in [5.74, 6) is 0. The van der Waals surface area contributed by atoms with Crippen molar-refractivity contribution >= 4 is 15.8 Å². The molecule has 1 rings (SSSR count). The minimum atomic E-state index is 0.255. The fourth-order valence-corrected chi connectivity index (χ4v) is 2.43. The Kier molecular flexibility index (Phi) is 3.65. The Hall–Kier alpha value is -0.292. The van der Waals surface area contributed by atoms with Gasteiger partial charge in [-0.15, -0.1) is 0 Å². The Labute approximate surface area is 74.9 Å². The van der Waals surface area contributed by atoms with Gasteiger partial charge in [0.2, 0.25) is 0 Å². The number of nitrogens with zero attached hydrogens (tertiary/aromatic N) is 1. The van der Waals surface area contributed by atoms with Crippen molar-refractivity contribution in [2.45, 2.75) is 24.3 Å². The van der Waals surface area contributed by atoms with Crippen molar-refractivity contribution in [3.05, 3.63) is 29.6 Å². The van der Waals surface area contributed by atoms with Crippen LogP contribution in [0.1, 0.15) is 18.3 Å².